The van der Waals surface area contributed by atoms with E-state index in [1.807, 2.05) is 38.1 Å². The van der Waals surface area contributed by atoms with E-state index in [2.05, 4.69) is 10.6 Å². The lowest BCUT2D eigenvalue weighted by molar-refractivity contribution is -0.116. The third-order valence-corrected chi connectivity index (χ3v) is 4.65. The SMILES string of the molecule is Cc1ccc(NC(=O)CN(C)C(=O)c2ccc(N3CCNC3=O)c(C)c2)cc1. The van der Waals surface area contributed by atoms with Crippen LogP contribution in [-0.2, 0) is 4.79 Å². The molecular formula is C21H24N4O3. The van der Waals surface area contributed by atoms with Gasteiger partial charge >= 0.3 is 6.03 Å². The van der Waals surface area contributed by atoms with E-state index in [9.17, 15) is 14.4 Å². The first-order valence-corrected chi connectivity index (χ1v) is 9.13. The van der Waals surface area contributed by atoms with Crippen LogP contribution >= 0.6 is 0 Å². The minimum absolute atomic E-state index is 0.0535. The summed E-state index contributed by atoms with van der Waals surface area (Å²) in [6.07, 6.45) is 0. The van der Waals surface area contributed by atoms with Gasteiger partial charge in [0, 0.05) is 37.1 Å². The summed E-state index contributed by atoms with van der Waals surface area (Å²) in [4.78, 5) is 39.8. The summed E-state index contributed by atoms with van der Waals surface area (Å²) >= 11 is 0. The van der Waals surface area contributed by atoms with E-state index < -0.39 is 0 Å². The lowest BCUT2D eigenvalue weighted by Gasteiger charge is -2.20. The van der Waals surface area contributed by atoms with Crippen LogP contribution in [0.1, 0.15) is 21.5 Å². The summed E-state index contributed by atoms with van der Waals surface area (Å²) in [5, 5.41) is 5.55. The molecule has 7 nitrogen and oxygen atoms in total. The molecule has 1 saturated heterocycles. The highest BCUT2D eigenvalue weighted by Crippen LogP contribution is 2.23. The molecule has 1 aliphatic rings. The Morgan fingerprint density at radius 2 is 1.86 bits per heavy atom. The molecule has 7 heteroatoms. The normalized spacial score (nSPS) is 13.2. The van der Waals surface area contributed by atoms with Crippen molar-refractivity contribution in [2.24, 2.45) is 0 Å². The number of rotatable bonds is 5. The molecule has 1 fully saturated rings. The van der Waals surface area contributed by atoms with Gasteiger partial charge in [-0.15, -0.1) is 0 Å². The van der Waals surface area contributed by atoms with Crippen molar-refractivity contribution in [2.45, 2.75) is 13.8 Å². The van der Waals surface area contributed by atoms with E-state index in [0.29, 0.717) is 24.3 Å². The topological polar surface area (TPSA) is 81.8 Å². The molecule has 0 radical (unpaired) electrons. The van der Waals surface area contributed by atoms with Gasteiger partial charge in [-0.2, -0.15) is 0 Å². The zero-order valence-electron chi connectivity index (χ0n) is 16.3. The summed E-state index contributed by atoms with van der Waals surface area (Å²) in [7, 11) is 1.59. The summed E-state index contributed by atoms with van der Waals surface area (Å²) in [6, 6.07) is 12.5. The number of hydrogen-bond acceptors (Lipinski definition) is 3. The lowest BCUT2D eigenvalue weighted by atomic mass is 10.1. The molecule has 0 saturated carbocycles. The van der Waals surface area contributed by atoms with Crippen LogP contribution in [0, 0.1) is 13.8 Å². The molecule has 3 rings (SSSR count). The molecule has 2 aromatic rings. The molecule has 28 heavy (non-hydrogen) atoms. The fraction of sp³-hybridized carbons (Fsp3) is 0.286. The molecule has 1 heterocycles. The zero-order chi connectivity index (χ0) is 20.3. The van der Waals surface area contributed by atoms with Gasteiger partial charge in [0.05, 0.1) is 6.54 Å². The maximum atomic E-state index is 12.7. The third kappa shape index (κ3) is 4.31. The molecule has 1 aliphatic heterocycles. The maximum absolute atomic E-state index is 12.7. The van der Waals surface area contributed by atoms with E-state index in [4.69, 9.17) is 0 Å². The minimum atomic E-state index is -0.262. The Labute approximate surface area is 164 Å². The van der Waals surface area contributed by atoms with Gasteiger partial charge in [0.15, 0.2) is 0 Å². The number of amides is 4. The van der Waals surface area contributed by atoms with E-state index in [1.54, 1.807) is 30.1 Å². The molecule has 2 aromatic carbocycles. The zero-order valence-corrected chi connectivity index (χ0v) is 16.3. The highest BCUT2D eigenvalue weighted by Gasteiger charge is 2.23. The van der Waals surface area contributed by atoms with E-state index >= 15 is 0 Å². The Morgan fingerprint density at radius 3 is 2.46 bits per heavy atom. The van der Waals surface area contributed by atoms with Crippen LogP contribution in [0.4, 0.5) is 16.2 Å². The quantitative estimate of drug-likeness (QED) is 0.836. The fourth-order valence-electron chi connectivity index (χ4n) is 3.14. The van der Waals surface area contributed by atoms with Crippen molar-refractivity contribution < 1.29 is 14.4 Å². The Hall–Kier alpha value is -3.35. The monoisotopic (exact) mass is 380 g/mol. The van der Waals surface area contributed by atoms with Crippen LogP contribution in [-0.4, -0.2) is 49.4 Å². The second kappa shape index (κ2) is 8.12. The van der Waals surface area contributed by atoms with Gasteiger partial charge < -0.3 is 15.5 Å². The van der Waals surface area contributed by atoms with Gasteiger partial charge in [-0.05, 0) is 49.7 Å². The highest BCUT2D eigenvalue weighted by molar-refractivity contribution is 6.00. The molecule has 0 unspecified atom stereocenters. The summed E-state index contributed by atoms with van der Waals surface area (Å²) < 4.78 is 0. The number of anilines is 2. The second-order valence-corrected chi connectivity index (χ2v) is 6.96. The molecule has 0 aliphatic carbocycles. The first-order chi connectivity index (χ1) is 13.3. The largest absolute Gasteiger partial charge is 0.336 e. The predicted octanol–water partition coefficient (Wildman–Crippen LogP) is 2.54. The average Bonchev–Trinajstić information content (AvgIpc) is 3.08. The van der Waals surface area contributed by atoms with Gasteiger partial charge in [0.25, 0.3) is 5.91 Å². The Balaban J connectivity index is 1.64. The highest BCUT2D eigenvalue weighted by atomic mass is 16.2. The van der Waals surface area contributed by atoms with Crippen LogP contribution < -0.4 is 15.5 Å². The molecule has 4 amide bonds. The smallest absolute Gasteiger partial charge is 0.322 e. The van der Waals surface area contributed by atoms with Gasteiger partial charge in [-0.3, -0.25) is 14.5 Å². The van der Waals surface area contributed by atoms with Crippen molar-refractivity contribution in [3.05, 3.63) is 59.2 Å². The number of carbonyl (C=O) groups is 3. The fourth-order valence-corrected chi connectivity index (χ4v) is 3.14. The van der Waals surface area contributed by atoms with Crippen LogP contribution in [0.5, 0.6) is 0 Å². The number of urea groups is 1. The Morgan fingerprint density at radius 1 is 1.14 bits per heavy atom. The standard InChI is InChI=1S/C21H24N4O3/c1-14-4-7-17(8-5-14)23-19(26)13-24(3)20(27)16-6-9-18(15(2)12-16)25-11-10-22-21(25)28/h4-9,12H,10-11,13H2,1-3H3,(H,22,28)(H,23,26). The number of benzene rings is 2. The number of likely N-dealkylation sites (N-methyl/N-ethyl adjacent to an activating group) is 1. The molecule has 0 aromatic heterocycles. The molecular weight excluding hydrogens is 356 g/mol. The van der Waals surface area contributed by atoms with Crippen molar-refractivity contribution in [3.8, 4) is 0 Å². The summed E-state index contributed by atoms with van der Waals surface area (Å²) in [5.41, 5.74) is 3.90. The van der Waals surface area contributed by atoms with Crippen molar-refractivity contribution in [2.75, 3.05) is 36.9 Å². The summed E-state index contributed by atoms with van der Waals surface area (Å²) in [5.74, 6) is -0.513. The molecule has 146 valence electrons. The van der Waals surface area contributed by atoms with Gasteiger partial charge in [0.2, 0.25) is 5.91 Å². The lowest BCUT2D eigenvalue weighted by Crippen LogP contribution is -2.35. The van der Waals surface area contributed by atoms with Crippen molar-refractivity contribution >= 4 is 29.2 Å². The van der Waals surface area contributed by atoms with Crippen LogP contribution in [0.3, 0.4) is 0 Å². The average molecular weight is 380 g/mol. The first-order valence-electron chi connectivity index (χ1n) is 9.13. The number of nitrogens with zero attached hydrogens (tertiary/aromatic N) is 2. The van der Waals surface area contributed by atoms with Crippen LogP contribution in [0.15, 0.2) is 42.5 Å². The number of aryl methyl sites for hydroxylation is 2. The van der Waals surface area contributed by atoms with E-state index in [-0.39, 0.29) is 24.4 Å². The van der Waals surface area contributed by atoms with Crippen molar-refractivity contribution in [1.82, 2.24) is 10.2 Å². The first kappa shape index (κ1) is 19.4. The summed E-state index contributed by atoms with van der Waals surface area (Å²) in [6.45, 7) is 5.00. The number of hydrogen-bond donors (Lipinski definition) is 2. The van der Waals surface area contributed by atoms with E-state index in [0.717, 1.165) is 16.8 Å². The molecule has 0 spiro atoms. The van der Waals surface area contributed by atoms with Crippen molar-refractivity contribution in [1.29, 1.82) is 0 Å². The number of carbonyl (C=O) groups excluding carboxylic acids is 3. The predicted molar refractivity (Wildman–Crippen MR) is 109 cm³/mol. The van der Waals surface area contributed by atoms with Crippen LogP contribution in [0.2, 0.25) is 0 Å². The van der Waals surface area contributed by atoms with Gasteiger partial charge in [-0.25, -0.2) is 4.79 Å². The van der Waals surface area contributed by atoms with Crippen LogP contribution in [0.25, 0.3) is 0 Å². The molecule has 2 N–H and O–H groups in total. The Kier molecular flexibility index (Phi) is 5.63. The third-order valence-electron chi connectivity index (χ3n) is 4.65. The van der Waals surface area contributed by atoms with Gasteiger partial charge in [-0.1, -0.05) is 17.7 Å². The second-order valence-electron chi connectivity index (χ2n) is 6.96. The molecule has 0 atom stereocenters. The number of nitrogens with one attached hydrogen (secondary N) is 2. The Bertz CT molecular complexity index is 908. The van der Waals surface area contributed by atoms with Gasteiger partial charge in [0.1, 0.15) is 0 Å². The maximum Gasteiger partial charge on any atom is 0.322 e. The van der Waals surface area contributed by atoms with E-state index in [1.165, 1.54) is 4.90 Å². The minimum Gasteiger partial charge on any atom is -0.336 e. The van der Waals surface area contributed by atoms with Crippen molar-refractivity contribution in [3.63, 3.8) is 0 Å². The molecule has 0 bridgehead atoms.